The summed E-state index contributed by atoms with van der Waals surface area (Å²) >= 11 is 0. The summed E-state index contributed by atoms with van der Waals surface area (Å²) in [5.74, 6) is 0. The van der Waals surface area contributed by atoms with Crippen molar-refractivity contribution in [1.29, 1.82) is 0 Å². The Morgan fingerprint density at radius 1 is 1.30 bits per heavy atom. The highest BCUT2D eigenvalue weighted by Gasteiger charge is 2.26. The van der Waals surface area contributed by atoms with Crippen LogP contribution in [0.5, 0.6) is 0 Å². The Balaban J connectivity index is 1.61. The second kappa shape index (κ2) is 5.16. The van der Waals surface area contributed by atoms with E-state index in [-0.39, 0.29) is 12.2 Å². The molecule has 0 unspecified atom stereocenters. The van der Waals surface area contributed by atoms with E-state index in [1.807, 2.05) is 30.3 Å². The van der Waals surface area contributed by atoms with Crippen LogP contribution >= 0.6 is 0 Å². The van der Waals surface area contributed by atoms with E-state index < -0.39 is 6.09 Å². The van der Waals surface area contributed by atoms with Gasteiger partial charge in [0.25, 0.3) is 5.56 Å². The zero-order valence-electron chi connectivity index (χ0n) is 10.7. The van der Waals surface area contributed by atoms with Crippen molar-refractivity contribution in [3.63, 3.8) is 0 Å². The van der Waals surface area contributed by atoms with Crippen molar-refractivity contribution in [3.8, 4) is 0 Å². The summed E-state index contributed by atoms with van der Waals surface area (Å²) in [5.41, 5.74) is 2.15. The number of aromatic amines is 1. The molecule has 0 saturated carbocycles. The lowest BCUT2D eigenvalue weighted by molar-refractivity contribution is 0.0953. The van der Waals surface area contributed by atoms with E-state index in [9.17, 15) is 9.59 Å². The SMILES string of the molecule is O=C(OCc1ccccc1)N1Cc2cc(=O)[nH]nc2C1. The molecule has 0 saturated heterocycles. The summed E-state index contributed by atoms with van der Waals surface area (Å²) < 4.78 is 5.24. The topological polar surface area (TPSA) is 75.3 Å². The molecule has 1 aromatic heterocycles. The van der Waals surface area contributed by atoms with Gasteiger partial charge < -0.3 is 4.74 Å². The van der Waals surface area contributed by atoms with Crippen molar-refractivity contribution < 1.29 is 9.53 Å². The fourth-order valence-corrected chi connectivity index (χ4v) is 2.12. The van der Waals surface area contributed by atoms with Crippen LogP contribution in [0.25, 0.3) is 0 Å². The van der Waals surface area contributed by atoms with Gasteiger partial charge >= 0.3 is 6.09 Å². The Morgan fingerprint density at radius 2 is 2.10 bits per heavy atom. The van der Waals surface area contributed by atoms with E-state index in [1.165, 1.54) is 11.0 Å². The van der Waals surface area contributed by atoms with Gasteiger partial charge in [-0.25, -0.2) is 9.89 Å². The molecule has 0 spiro atoms. The Hall–Kier alpha value is -2.63. The number of carbonyl (C=O) groups excluding carboxylic acids is 1. The second-order valence-corrected chi connectivity index (χ2v) is 4.60. The number of aromatic nitrogens is 2. The molecule has 1 amide bonds. The molecule has 0 radical (unpaired) electrons. The summed E-state index contributed by atoms with van der Waals surface area (Å²) in [5, 5.41) is 6.29. The quantitative estimate of drug-likeness (QED) is 0.896. The Kier molecular flexibility index (Phi) is 3.20. The van der Waals surface area contributed by atoms with Crippen molar-refractivity contribution in [2.45, 2.75) is 19.7 Å². The van der Waals surface area contributed by atoms with E-state index >= 15 is 0 Å². The molecule has 2 heterocycles. The first kappa shape index (κ1) is 12.4. The Bertz CT molecular complexity index is 682. The molecule has 1 aliphatic rings. The maximum Gasteiger partial charge on any atom is 0.410 e. The predicted molar refractivity (Wildman–Crippen MR) is 70.7 cm³/mol. The number of carbonyl (C=O) groups is 1. The third-order valence-electron chi connectivity index (χ3n) is 3.14. The molecule has 1 aliphatic heterocycles. The normalized spacial score (nSPS) is 13.1. The Morgan fingerprint density at radius 3 is 2.90 bits per heavy atom. The average molecular weight is 271 g/mol. The van der Waals surface area contributed by atoms with Crippen LogP contribution in [0.4, 0.5) is 4.79 Å². The highest BCUT2D eigenvalue weighted by atomic mass is 16.6. The first-order chi connectivity index (χ1) is 9.72. The lowest BCUT2D eigenvalue weighted by Crippen LogP contribution is -2.26. The van der Waals surface area contributed by atoms with Gasteiger partial charge in [-0.1, -0.05) is 30.3 Å². The molecule has 2 aromatic rings. The lowest BCUT2D eigenvalue weighted by Gasteiger charge is -2.14. The highest BCUT2D eigenvalue weighted by Crippen LogP contribution is 2.19. The maximum atomic E-state index is 12.0. The number of nitrogens with one attached hydrogen (secondary N) is 1. The molecule has 0 aliphatic carbocycles. The highest BCUT2D eigenvalue weighted by molar-refractivity contribution is 5.68. The number of amides is 1. The van der Waals surface area contributed by atoms with Gasteiger partial charge in [0.1, 0.15) is 6.61 Å². The summed E-state index contributed by atoms with van der Waals surface area (Å²) in [6.07, 6.45) is -0.403. The summed E-state index contributed by atoms with van der Waals surface area (Å²) in [7, 11) is 0. The van der Waals surface area contributed by atoms with Gasteiger partial charge in [0, 0.05) is 11.6 Å². The van der Waals surface area contributed by atoms with Crippen LogP contribution in [-0.4, -0.2) is 21.2 Å². The molecule has 102 valence electrons. The summed E-state index contributed by atoms with van der Waals surface area (Å²) in [4.78, 5) is 24.6. The van der Waals surface area contributed by atoms with Crippen molar-refractivity contribution in [3.05, 3.63) is 63.6 Å². The zero-order valence-corrected chi connectivity index (χ0v) is 10.7. The number of ether oxygens (including phenoxy) is 1. The van der Waals surface area contributed by atoms with Gasteiger partial charge in [-0.15, -0.1) is 0 Å². The van der Waals surface area contributed by atoms with Gasteiger partial charge in [0.05, 0.1) is 18.8 Å². The first-order valence-electron chi connectivity index (χ1n) is 6.25. The third-order valence-corrected chi connectivity index (χ3v) is 3.14. The molecule has 0 bridgehead atoms. The number of nitrogens with zero attached hydrogens (tertiary/aromatic N) is 2. The molecular weight excluding hydrogens is 258 g/mol. The molecule has 0 fully saturated rings. The van der Waals surface area contributed by atoms with E-state index in [0.717, 1.165) is 11.1 Å². The van der Waals surface area contributed by atoms with Crippen LogP contribution in [0.2, 0.25) is 0 Å². The van der Waals surface area contributed by atoms with Gasteiger partial charge in [-0.2, -0.15) is 5.10 Å². The van der Waals surface area contributed by atoms with Crippen molar-refractivity contribution in [2.24, 2.45) is 0 Å². The number of fused-ring (bicyclic) bond motifs is 1. The smallest absolute Gasteiger partial charge is 0.410 e. The van der Waals surface area contributed by atoms with Gasteiger partial charge in [-0.3, -0.25) is 9.69 Å². The van der Waals surface area contributed by atoms with Crippen molar-refractivity contribution >= 4 is 6.09 Å². The monoisotopic (exact) mass is 271 g/mol. The van der Waals surface area contributed by atoms with Gasteiger partial charge in [0.15, 0.2) is 0 Å². The first-order valence-corrected chi connectivity index (χ1v) is 6.25. The molecule has 1 N–H and O–H groups in total. The van der Waals surface area contributed by atoms with E-state index in [1.54, 1.807) is 0 Å². The largest absolute Gasteiger partial charge is 0.445 e. The molecule has 1 aromatic carbocycles. The van der Waals surface area contributed by atoms with Crippen LogP contribution < -0.4 is 5.56 Å². The fraction of sp³-hybridized carbons (Fsp3) is 0.214. The van der Waals surface area contributed by atoms with Crippen molar-refractivity contribution in [2.75, 3.05) is 0 Å². The van der Waals surface area contributed by atoms with Crippen LogP contribution in [0.3, 0.4) is 0 Å². The summed E-state index contributed by atoms with van der Waals surface area (Å²) in [6.45, 7) is 0.957. The molecule has 20 heavy (non-hydrogen) atoms. The molecular formula is C14H13N3O3. The fourth-order valence-electron chi connectivity index (χ4n) is 2.12. The lowest BCUT2D eigenvalue weighted by atomic mass is 10.2. The van der Waals surface area contributed by atoms with E-state index in [0.29, 0.717) is 18.8 Å². The van der Waals surface area contributed by atoms with Crippen molar-refractivity contribution in [1.82, 2.24) is 15.1 Å². The molecule has 3 rings (SSSR count). The standard InChI is InChI=1S/C14H13N3O3/c18-13-6-11-7-17(8-12(11)15-16-13)14(19)20-9-10-4-2-1-3-5-10/h1-6H,7-9H2,(H,16,18). The van der Waals surface area contributed by atoms with E-state index in [2.05, 4.69) is 10.2 Å². The van der Waals surface area contributed by atoms with Crippen LogP contribution in [0, 0.1) is 0 Å². The number of hydrogen-bond acceptors (Lipinski definition) is 4. The Labute approximate surface area is 115 Å². The van der Waals surface area contributed by atoms with Crippen LogP contribution in [0.15, 0.2) is 41.2 Å². The molecule has 6 nitrogen and oxygen atoms in total. The minimum Gasteiger partial charge on any atom is -0.445 e. The predicted octanol–water partition coefficient (Wildman–Crippen LogP) is 1.42. The molecule has 0 atom stereocenters. The zero-order chi connectivity index (χ0) is 13.9. The van der Waals surface area contributed by atoms with Crippen LogP contribution in [-0.2, 0) is 24.4 Å². The molecule has 6 heteroatoms. The van der Waals surface area contributed by atoms with E-state index in [4.69, 9.17) is 4.74 Å². The van der Waals surface area contributed by atoms with Gasteiger partial charge in [0.2, 0.25) is 0 Å². The second-order valence-electron chi connectivity index (χ2n) is 4.60. The minimum atomic E-state index is -0.403. The number of hydrogen-bond donors (Lipinski definition) is 1. The maximum absolute atomic E-state index is 12.0. The van der Waals surface area contributed by atoms with Crippen LogP contribution in [0.1, 0.15) is 16.8 Å². The number of rotatable bonds is 2. The third kappa shape index (κ3) is 2.54. The van der Waals surface area contributed by atoms with Gasteiger partial charge in [-0.05, 0) is 5.56 Å². The number of benzene rings is 1. The number of H-pyrrole nitrogens is 1. The summed E-state index contributed by atoms with van der Waals surface area (Å²) in [6, 6.07) is 10.9. The minimum absolute atomic E-state index is 0.235. The average Bonchev–Trinajstić information content (AvgIpc) is 2.89.